The highest BCUT2D eigenvalue weighted by atomic mass is 16.5. The van der Waals surface area contributed by atoms with Crippen LogP contribution in [0.25, 0.3) is 0 Å². The molecule has 0 aliphatic rings. The van der Waals surface area contributed by atoms with Gasteiger partial charge in [-0.25, -0.2) is 0 Å². The molecule has 0 bridgehead atoms. The molecule has 15 heavy (non-hydrogen) atoms. The molecule has 3 heteroatoms. The van der Waals surface area contributed by atoms with Gasteiger partial charge in [-0.15, -0.1) is 0 Å². The van der Waals surface area contributed by atoms with Crippen molar-refractivity contribution in [2.24, 2.45) is 0 Å². The molecular formula is C12H17NO2. The predicted octanol–water partition coefficient (Wildman–Crippen LogP) is 1.55. The zero-order valence-electron chi connectivity index (χ0n) is 9.25. The van der Waals surface area contributed by atoms with Gasteiger partial charge in [-0.1, -0.05) is 17.7 Å². The van der Waals surface area contributed by atoms with Crippen molar-refractivity contribution in [2.45, 2.75) is 13.3 Å². The minimum atomic E-state index is 0.171. The van der Waals surface area contributed by atoms with Crippen molar-refractivity contribution < 1.29 is 9.53 Å². The van der Waals surface area contributed by atoms with Gasteiger partial charge in [-0.2, -0.15) is 0 Å². The quantitative estimate of drug-likeness (QED) is 0.769. The molecule has 0 spiro atoms. The van der Waals surface area contributed by atoms with Crippen molar-refractivity contribution in [1.82, 2.24) is 5.32 Å². The van der Waals surface area contributed by atoms with Crippen LogP contribution < -0.4 is 10.1 Å². The Hall–Kier alpha value is -1.35. The Labute approximate surface area is 90.4 Å². The van der Waals surface area contributed by atoms with Crippen LogP contribution in [0.3, 0.4) is 0 Å². The highest BCUT2D eigenvalue weighted by Gasteiger charge is 2.00. The molecule has 0 saturated heterocycles. The second-order valence-electron chi connectivity index (χ2n) is 3.48. The van der Waals surface area contributed by atoms with Gasteiger partial charge in [-0.05, 0) is 26.1 Å². The summed E-state index contributed by atoms with van der Waals surface area (Å²) in [4.78, 5) is 11.1. The van der Waals surface area contributed by atoms with Gasteiger partial charge in [0.1, 0.15) is 11.5 Å². The van der Waals surface area contributed by atoms with Gasteiger partial charge < -0.3 is 10.1 Å². The topological polar surface area (TPSA) is 38.3 Å². The van der Waals surface area contributed by atoms with E-state index in [9.17, 15) is 4.79 Å². The van der Waals surface area contributed by atoms with Crippen LogP contribution in [0.1, 0.15) is 12.0 Å². The number of likely N-dealkylation sites (N-methyl/N-ethyl adjacent to an activating group) is 1. The summed E-state index contributed by atoms with van der Waals surface area (Å²) >= 11 is 0. The maximum atomic E-state index is 11.1. The summed E-state index contributed by atoms with van der Waals surface area (Å²) in [6, 6.07) is 7.81. The number of aryl methyl sites for hydroxylation is 1. The Morgan fingerprint density at radius 2 is 2.00 bits per heavy atom. The molecule has 0 radical (unpaired) electrons. The number of hydrogen-bond acceptors (Lipinski definition) is 3. The molecule has 0 amide bonds. The standard InChI is InChI=1S/C12H17NO2/c1-10-3-5-12(6-4-10)15-8-7-11(14)9-13-2/h3-6,13H,7-9H2,1-2H3. The molecule has 1 aromatic rings. The van der Waals surface area contributed by atoms with Gasteiger partial charge in [-0.3, -0.25) is 4.79 Å². The molecule has 82 valence electrons. The fraction of sp³-hybridized carbons (Fsp3) is 0.417. The number of nitrogens with one attached hydrogen (secondary N) is 1. The molecule has 0 unspecified atom stereocenters. The first-order chi connectivity index (χ1) is 7.22. The number of Topliss-reactive ketones (excluding diaryl/α,β-unsaturated/α-hetero) is 1. The van der Waals surface area contributed by atoms with E-state index in [2.05, 4.69) is 5.32 Å². The average molecular weight is 207 g/mol. The third-order valence-electron chi connectivity index (χ3n) is 2.04. The largest absolute Gasteiger partial charge is 0.493 e. The fourth-order valence-electron chi connectivity index (χ4n) is 1.20. The molecular weight excluding hydrogens is 190 g/mol. The van der Waals surface area contributed by atoms with Crippen LogP contribution >= 0.6 is 0 Å². The number of benzene rings is 1. The average Bonchev–Trinajstić information content (AvgIpc) is 2.21. The number of ether oxygens (including phenoxy) is 1. The third kappa shape index (κ3) is 4.61. The summed E-state index contributed by atoms with van der Waals surface area (Å²) in [7, 11) is 1.76. The van der Waals surface area contributed by atoms with Crippen molar-refractivity contribution in [3.05, 3.63) is 29.8 Å². The number of rotatable bonds is 6. The Bertz CT molecular complexity index is 306. The van der Waals surface area contributed by atoms with Crippen LogP contribution in [0.15, 0.2) is 24.3 Å². The lowest BCUT2D eigenvalue weighted by Crippen LogP contribution is -2.20. The number of hydrogen-bond donors (Lipinski definition) is 1. The Morgan fingerprint density at radius 1 is 1.33 bits per heavy atom. The molecule has 0 heterocycles. The van der Waals surface area contributed by atoms with E-state index in [0.717, 1.165) is 5.75 Å². The Morgan fingerprint density at radius 3 is 2.60 bits per heavy atom. The summed E-state index contributed by atoms with van der Waals surface area (Å²) in [5, 5.41) is 2.82. The lowest BCUT2D eigenvalue weighted by atomic mass is 10.2. The van der Waals surface area contributed by atoms with E-state index in [-0.39, 0.29) is 5.78 Å². The van der Waals surface area contributed by atoms with Crippen LogP contribution in [-0.4, -0.2) is 26.0 Å². The van der Waals surface area contributed by atoms with Crippen LogP contribution in [0.4, 0.5) is 0 Å². The second-order valence-corrected chi connectivity index (χ2v) is 3.48. The minimum Gasteiger partial charge on any atom is -0.493 e. The molecule has 0 aliphatic carbocycles. The van der Waals surface area contributed by atoms with E-state index < -0.39 is 0 Å². The zero-order chi connectivity index (χ0) is 11.1. The zero-order valence-corrected chi connectivity index (χ0v) is 9.25. The normalized spacial score (nSPS) is 10.0. The molecule has 1 N–H and O–H groups in total. The first-order valence-corrected chi connectivity index (χ1v) is 5.08. The minimum absolute atomic E-state index is 0.171. The van der Waals surface area contributed by atoms with E-state index in [4.69, 9.17) is 4.74 Å². The smallest absolute Gasteiger partial charge is 0.149 e. The summed E-state index contributed by atoms with van der Waals surface area (Å²) in [5.74, 6) is 0.988. The molecule has 0 fully saturated rings. The first-order valence-electron chi connectivity index (χ1n) is 5.08. The summed E-state index contributed by atoms with van der Waals surface area (Å²) in [6.07, 6.45) is 0.453. The van der Waals surface area contributed by atoms with Crippen LogP contribution in [0, 0.1) is 6.92 Å². The van der Waals surface area contributed by atoms with Gasteiger partial charge in [0.25, 0.3) is 0 Å². The van der Waals surface area contributed by atoms with Crippen molar-refractivity contribution >= 4 is 5.78 Å². The highest BCUT2D eigenvalue weighted by molar-refractivity contribution is 5.80. The van der Waals surface area contributed by atoms with Crippen molar-refractivity contribution in [2.75, 3.05) is 20.2 Å². The van der Waals surface area contributed by atoms with Crippen molar-refractivity contribution in [3.8, 4) is 5.75 Å². The highest BCUT2D eigenvalue weighted by Crippen LogP contribution is 2.11. The number of carbonyl (C=O) groups excluding carboxylic acids is 1. The molecule has 0 aliphatic heterocycles. The summed E-state index contributed by atoms with van der Waals surface area (Å²) < 4.78 is 5.43. The SMILES string of the molecule is CNCC(=O)CCOc1ccc(C)cc1. The van der Waals surface area contributed by atoms with Crippen LogP contribution in [0.2, 0.25) is 0 Å². The van der Waals surface area contributed by atoms with Gasteiger partial charge in [0.2, 0.25) is 0 Å². The van der Waals surface area contributed by atoms with Crippen LogP contribution in [-0.2, 0) is 4.79 Å². The van der Waals surface area contributed by atoms with Gasteiger partial charge in [0.05, 0.1) is 13.2 Å². The first kappa shape index (κ1) is 11.7. The van der Waals surface area contributed by atoms with Gasteiger partial charge >= 0.3 is 0 Å². The fourth-order valence-corrected chi connectivity index (χ4v) is 1.20. The Balaban J connectivity index is 2.26. The summed E-state index contributed by atoms with van der Waals surface area (Å²) in [6.45, 7) is 2.89. The van der Waals surface area contributed by atoms with E-state index in [0.29, 0.717) is 19.6 Å². The van der Waals surface area contributed by atoms with Gasteiger partial charge in [0.15, 0.2) is 0 Å². The number of carbonyl (C=O) groups is 1. The number of ketones is 1. The van der Waals surface area contributed by atoms with E-state index in [1.54, 1.807) is 7.05 Å². The maximum Gasteiger partial charge on any atom is 0.149 e. The van der Waals surface area contributed by atoms with E-state index in [1.165, 1.54) is 5.56 Å². The molecule has 0 aromatic heterocycles. The van der Waals surface area contributed by atoms with Crippen molar-refractivity contribution in [1.29, 1.82) is 0 Å². The van der Waals surface area contributed by atoms with Crippen LogP contribution in [0.5, 0.6) is 5.75 Å². The lowest BCUT2D eigenvalue weighted by molar-refractivity contribution is -0.118. The van der Waals surface area contributed by atoms with Gasteiger partial charge in [0, 0.05) is 6.42 Å². The van der Waals surface area contributed by atoms with E-state index in [1.807, 2.05) is 31.2 Å². The molecule has 1 aromatic carbocycles. The van der Waals surface area contributed by atoms with Crippen molar-refractivity contribution in [3.63, 3.8) is 0 Å². The van der Waals surface area contributed by atoms with E-state index >= 15 is 0 Å². The predicted molar refractivity (Wildman–Crippen MR) is 60.2 cm³/mol. The molecule has 1 rings (SSSR count). The maximum absolute atomic E-state index is 11.1. The lowest BCUT2D eigenvalue weighted by Gasteiger charge is -2.05. The monoisotopic (exact) mass is 207 g/mol. The molecule has 0 saturated carbocycles. The molecule has 0 atom stereocenters. The second kappa shape index (κ2) is 6.19. The third-order valence-corrected chi connectivity index (χ3v) is 2.04. The summed E-state index contributed by atoms with van der Waals surface area (Å²) in [5.41, 5.74) is 1.20. The molecule has 3 nitrogen and oxygen atoms in total. The Kier molecular flexibility index (Phi) is 4.84.